The van der Waals surface area contributed by atoms with Gasteiger partial charge in [-0.05, 0) is 23.8 Å². The molecule has 7 heteroatoms. The van der Waals surface area contributed by atoms with E-state index in [4.69, 9.17) is 14.5 Å². The predicted octanol–water partition coefficient (Wildman–Crippen LogP) is 1.94. The van der Waals surface area contributed by atoms with Crippen LogP contribution in [0.2, 0.25) is 0 Å². The summed E-state index contributed by atoms with van der Waals surface area (Å²) in [5, 5.41) is 18.7. The molecule has 0 saturated heterocycles. The maximum Gasteiger partial charge on any atom is 0.491 e. The summed E-state index contributed by atoms with van der Waals surface area (Å²) in [4.78, 5) is 4.33. The number of aromatic nitrogens is 1. The zero-order valence-electron chi connectivity index (χ0n) is 10.9. The van der Waals surface area contributed by atoms with Crippen LogP contribution in [0.1, 0.15) is 5.56 Å². The van der Waals surface area contributed by atoms with Crippen molar-refractivity contribution in [2.24, 2.45) is 0 Å². The number of rotatable bonds is 4. The summed E-state index contributed by atoms with van der Waals surface area (Å²) in [5.41, 5.74) is 2.12. The molecule has 106 valence electrons. The first kappa shape index (κ1) is 14.1. The lowest BCUT2D eigenvalue weighted by Crippen LogP contribution is -2.32. The van der Waals surface area contributed by atoms with Crippen LogP contribution < -0.4 is 5.46 Å². The van der Waals surface area contributed by atoms with Crippen molar-refractivity contribution in [2.45, 2.75) is 11.0 Å². The van der Waals surface area contributed by atoms with Crippen LogP contribution in [0.5, 0.6) is 0 Å². The van der Waals surface area contributed by atoms with Gasteiger partial charge in [-0.3, -0.25) is 0 Å². The van der Waals surface area contributed by atoms with E-state index in [1.165, 1.54) is 23.9 Å². The Morgan fingerprint density at radius 3 is 2.76 bits per heavy atom. The van der Waals surface area contributed by atoms with E-state index in [-0.39, 0.29) is 5.46 Å². The van der Waals surface area contributed by atoms with Crippen molar-refractivity contribution in [3.05, 3.63) is 53.8 Å². The molecule has 1 heterocycles. The fraction of sp³-hybridized carbons (Fsp3) is 0.0714. The molecule has 2 N–H and O–H groups in total. The number of nitrogens with zero attached hydrogens (tertiary/aromatic N) is 1. The summed E-state index contributed by atoms with van der Waals surface area (Å²) < 4.78 is 18.9. The van der Waals surface area contributed by atoms with Crippen molar-refractivity contribution in [1.29, 1.82) is 0 Å². The van der Waals surface area contributed by atoms with Gasteiger partial charge < -0.3 is 14.5 Å². The lowest BCUT2D eigenvalue weighted by atomic mass is 9.79. The fourth-order valence-electron chi connectivity index (χ4n) is 1.94. The second-order valence-electron chi connectivity index (χ2n) is 4.47. The van der Waals surface area contributed by atoms with Gasteiger partial charge in [0.2, 0.25) is 0 Å². The van der Waals surface area contributed by atoms with E-state index in [0.717, 1.165) is 11.1 Å². The second-order valence-corrected chi connectivity index (χ2v) is 5.39. The van der Waals surface area contributed by atoms with Crippen LogP contribution in [-0.4, -0.2) is 22.2 Å². The van der Waals surface area contributed by atoms with Crippen LogP contribution in [0, 0.1) is 5.82 Å². The van der Waals surface area contributed by atoms with Gasteiger partial charge in [-0.25, -0.2) is 9.37 Å². The summed E-state index contributed by atoms with van der Waals surface area (Å²) >= 11 is 1.36. The SMILES string of the molecule is OB(O)c1cc(CSc2nc3ccccc3o2)ccc1F. The third kappa shape index (κ3) is 3.10. The predicted molar refractivity (Wildman–Crippen MR) is 79.8 cm³/mol. The van der Waals surface area contributed by atoms with Crippen LogP contribution in [0.3, 0.4) is 0 Å². The van der Waals surface area contributed by atoms with E-state index in [1.54, 1.807) is 6.07 Å². The molecule has 0 unspecified atom stereocenters. The largest absolute Gasteiger partial charge is 0.491 e. The molecular formula is C14H11BFNO3S. The van der Waals surface area contributed by atoms with Gasteiger partial charge in [0, 0.05) is 11.2 Å². The molecule has 0 aliphatic carbocycles. The molecule has 0 atom stereocenters. The van der Waals surface area contributed by atoms with Crippen LogP contribution in [0.25, 0.3) is 11.1 Å². The first-order valence-electron chi connectivity index (χ1n) is 6.26. The Bertz CT molecular complexity index is 745. The molecular weight excluding hydrogens is 292 g/mol. The molecule has 0 amide bonds. The Kier molecular flexibility index (Phi) is 3.96. The van der Waals surface area contributed by atoms with Crippen molar-refractivity contribution in [1.82, 2.24) is 4.98 Å². The molecule has 2 aromatic carbocycles. The Morgan fingerprint density at radius 1 is 1.19 bits per heavy atom. The summed E-state index contributed by atoms with van der Waals surface area (Å²) in [6.07, 6.45) is 0. The first-order chi connectivity index (χ1) is 10.1. The minimum atomic E-state index is -1.82. The lowest BCUT2D eigenvalue weighted by molar-refractivity contribution is 0.423. The molecule has 0 aliphatic heterocycles. The van der Waals surface area contributed by atoms with Crippen LogP contribution in [-0.2, 0) is 5.75 Å². The summed E-state index contributed by atoms with van der Waals surface area (Å²) in [7, 11) is -1.82. The average molecular weight is 303 g/mol. The Balaban J connectivity index is 1.76. The molecule has 0 aliphatic rings. The number of fused-ring (bicyclic) bond motifs is 1. The van der Waals surface area contributed by atoms with Gasteiger partial charge in [0.1, 0.15) is 11.3 Å². The number of oxazole rings is 1. The van der Waals surface area contributed by atoms with E-state index >= 15 is 0 Å². The van der Waals surface area contributed by atoms with Crippen LogP contribution >= 0.6 is 11.8 Å². The van der Waals surface area contributed by atoms with Gasteiger partial charge >= 0.3 is 7.12 Å². The van der Waals surface area contributed by atoms with Crippen molar-refractivity contribution in [3.8, 4) is 0 Å². The van der Waals surface area contributed by atoms with E-state index in [2.05, 4.69) is 4.98 Å². The fourth-order valence-corrected chi connectivity index (χ4v) is 2.72. The van der Waals surface area contributed by atoms with Gasteiger partial charge in [-0.2, -0.15) is 0 Å². The molecule has 0 spiro atoms. The van der Waals surface area contributed by atoms with Crippen molar-refractivity contribution in [3.63, 3.8) is 0 Å². The number of halogens is 1. The molecule has 21 heavy (non-hydrogen) atoms. The number of thioether (sulfide) groups is 1. The second kappa shape index (κ2) is 5.89. The minimum Gasteiger partial charge on any atom is -0.431 e. The zero-order chi connectivity index (χ0) is 14.8. The summed E-state index contributed by atoms with van der Waals surface area (Å²) in [6.45, 7) is 0. The van der Waals surface area contributed by atoms with Crippen molar-refractivity contribution in [2.75, 3.05) is 0 Å². The van der Waals surface area contributed by atoms with Gasteiger partial charge in [0.25, 0.3) is 5.22 Å². The monoisotopic (exact) mass is 303 g/mol. The Hall–Kier alpha value is -1.83. The highest BCUT2D eigenvalue weighted by Gasteiger charge is 2.17. The maximum absolute atomic E-state index is 13.4. The molecule has 3 rings (SSSR count). The molecule has 0 saturated carbocycles. The van der Waals surface area contributed by atoms with E-state index in [0.29, 0.717) is 16.6 Å². The van der Waals surface area contributed by atoms with Crippen molar-refractivity contribution >= 4 is 35.4 Å². The van der Waals surface area contributed by atoms with Crippen molar-refractivity contribution < 1.29 is 18.9 Å². The highest BCUT2D eigenvalue weighted by atomic mass is 32.2. The average Bonchev–Trinajstić information content (AvgIpc) is 2.89. The van der Waals surface area contributed by atoms with E-state index < -0.39 is 12.9 Å². The summed E-state index contributed by atoms with van der Waals surface area (Å²) in [5.74, 6) is -0.145. The summed E-state index contributed by atoms with van der Waals surface area (Å²) in [6, 6.07) is 11.7. The third-order valence-electron chi connectivity index (χ3n) is 2.98. The van der Waals surface area contributed by atoms with Gasteiger partial charge in [0.15, 0.2) is 5.58 Å². The topological polar surface area (TPSA) is 66.5 Å². The quantitative estimate of drug-likeness (QED) is 0.569. The Morgan fingerprint density at radius 2 is 2.00 bits per heavy atom. The number of benzene rings is 2. The smallest absolute Gasteiger partial charge is 0.431 e. The first-order valence-corrected chi connectivity index (χ1v) is 7.25. The van der Waals surface area contributed by atoms with Gasteiger partial charge in [-0.1, -0.05) is 36.0 Å². The molecule has 4 nitrogen and oxygen atoms in total. The van der Waals surface area contributed by atoms with E-state index in [1.807, 2.05) is 24.3 Å². The Labute approximate surface area is 124 Å². The number of hydrogen-bond acceptors (Lipinski definition) is 5. The molecule has 0 fully saturated rings. The number of hydrogen-bond donors (Lipinski definition) is 2. The zero-order valence-corrected chi connectivity index (χ0v) is 11.7. The normalized spacial score (nSPS) is 11.0. The molecule has 0 radical (unpaired) electrons. The van der Waals surface area contributed by atoms with Gasteiger partial charge in [-0.15, -0.1) is 0 Å². The standard InChI is InChI=1S/C14H11BFNO3S/c16-11-6-5-9(7-10(11)15(18)19)8-21-14-17-12-3-1-2-4-13(12)20-14/h1-7,18-19H,8H2. The van der Waals surface area contributed by atoms with Crippen LogP contribution in [0.15, 0.2) is 52.1 Å². The molecule has 0 bridgehead atoms. The molecule has 1 aromatic heterocycles. The third-order valence-corrected chi connectivity index (χ3v) is 3.87. The lowest BCUT2D eigenvalue weighted by Gasteiger charge is -2.04. The highest BCUT2D eigenvalue weighted by Crippen LogP contribution is 2.25. The molecule has 3 aromatic rings. The maximum atomic E-state index is 13.4. The van der Waals surface area contributed by atoms with Gasteiger partial charge in [0.05, 0.1) is 0 Å². The van der Waals surface area contributed by atoms with Crippen LogP contribution in [0.4, 0.5) is 4.39 Å². The highest BCUT2D eigenvalue weighted by molar-refractivity contribution is 7.98. The number of para-hydroxylation sites is 2. The van der Waals surface area contributed by atoms with E-state index in [9.17, 15) is 4.39 Å². The minimum absolute atomic E-state index is 0.134.